The van der Waals surface area contributed by atoms with Gasteiger partial charge in [0.2, 0.25) is 0 Å². The highest BCUT2D eigenvalue weighted by atomic mass is 15.4. The van der Waals surface area contributed by atoms with Gasteiger partial charge in [-0.3, -0.25) is 0 Å². The molecule has 6 unspecified atom stereocenters. The minimum absolute atomic E-state index is 0.00136. The molecule has 9 aliphatic heterocycles. The van der Waals surface area contributed by atoms with Crippen LogP contribution in [0.5, 0.6) is 0 Å². The van der Waals surface area contributed by atoms with Crippen LogP contribution in [-0.4, -0.2) is 244 Å². The molecular formula is C5H42B24N24. The quantitative estimate of drug-likeness (QED) is 0.106. The normalized spacial score (nSPS) is 34.3. The number of rotatable bonds is 0. The molecule has 9 aliphatic rings. The summed E-state index contributed by atoms with van der Waals surface area (Å²) in [5, 5.41) is 52.7. The molecule has 14 N–H and O–H groups in total. The van der Waals surface area contributed by atoms with Crippen LogP contribution in [0.15, 0.2) is 0 Å². The third-order valence-corrected chi connectivity index (χ3v) is 11.9. The SMILES string of the molecule is CB1NB2CN3B(C)NBNB3N3BNBN(B3)B3NBNB(N3)N3BN(C)BN(B3)B3N(C)BNBN3B3NBNB(N3)N3BNBN(B3)B(N1)N2. The van der Waals surface area contributed by atoms with Crippen LogP contribution >= 0.6 is 0 Å². The van der Waals surface area contributed by atoms with Gasteiger partial charge >= 0.3 is 49.8 Å². The van der Waals surface area contributed by atoms with Crippen LogP contribution < -0.4 is 71.9 Å². The summed E-state index contributed by atoms with van der Waals surface area (Å²) >= 11 is 0. The summed E-state index contributed by atoms with van der Waals surface area (Å²) in [6.07, 6.45) is 0.819. The van der Waals surface area contributed by atoms with E-state index in [1.165, 1.54) is 0 Å². The lowest BCUT2D eigenvalue weighted by molar-refractivity contribution is 0.605. The number of hydrogen-bond acceptors (Lipinski definition) is 24. The van der Waals surface area contributed by atoms with Crippen molar-refractivity contribution in [2.45, 2.75) is 13.6 Å². The van der Waals surface area contributed by atoms with E-state index in [-0.39, 0.29) is 70.8 Å². The van der Waals surface area contributed by atoms with Crippen molar-refractivity contribution >= 4 is 176 Å². The van der Waals surface area contributed by atoms with Gasteiger partial charge in [0.15, 0.2) is 0 Å². The van der Waals surface area contributed by atoms with Crippen LogP contribution in [0.4, 0.5) is 0 Å². The van der Waals surface area contributed by atoms with Gasteiger partial charge in [-0.1, -0.05) is 13.6 Å². The largest absolute Gasteiger partial charge is 0.380 e. The molecule has 0 saturated carbocycles. The van der Waals surface area contributed by atoms with Crippen molar-refractivity contribution in [1.29, 1.82) is 0 Å². The molecule has 0 aromatic carbocycles. The molecule has 9 rings (SSSR count). The van der Waals surface area contributed by atoms with E-state index in [0.717, 1.165) is 97.0 Å². The van der Waals surface area contributed by atoms with Crippen molar-refractivity contribution < 1.29 is 0 Å². The van der Waals surface area contributed by atoms with Crippen LogP contribution in [0.3, 0.4) is 0 Å². The van der Waals surface area contributed by atoms with E-state index in [4.69, 9.17) is 0 Å². The molecule has 9 fully saturated rings. The number of nitrogens with zero attached hydrogens (tertiary/aromatic N) is 10. The Bertz CT molecular complexity index is 1220. The van der Waals surface area contributed by atoms with E-state index in [1.54, 1.807) is 0 Å². The average molecular weight is 698 g/mol. The molecule has 0 aromatic heterocycles. The molecular weight excluding hydrogens is 656 g/mol. The van der Waals surface area contributed by atoms with Gasteiger partial charge in [-0.2, -0.15) is 0 Å². The maximum atomic E-state index is 3.93. The molecule has 9 saturated heterocycles. The second-order valence-corrected chi connectivity index (χ2v) is 16.0. The highest BCUT2D eigenvalue weighted by molar-refractivity contribution is 7.00. The maximum Gasteiger partial charge on any atom is 0.358 e. The number of hydrogen-bond donors (Lipinski definition) is 14. The molecule has 0 radical (unpaired) electrons. The summed E-state index contributed by atoms with van der Waals surface area (Å²) in [4.78, 5) is 0. The predicted molar refractivity (Wildman–Crippen MR) is 248 cm³/mol. The first-order valence-corrected chi connectivity index (χ1v) is 19.5. The zero-order chi connectivity index (χ0) is 36.1. The van der Waals surface area contributed by atoms with Gasteiger partial charge in [0.1, 0.15) is 0 Å². The molecule has 12 bridgehead atoms. The zero-order valence-electron chi connectivity index (χ0n) is 31.9. The Kier molecular flexibility index (Phi) is 12.9. The lowest BCUT2D eigenvalue weighted by atomic mass is 9.46. The van der Waals surface area contributed by atoms with E-state index in [2.05, 4.69) is 146 Å². The minimum Gasteiger partial charge on any atom is -0.380 e. The lowest BCUT2D eigenvalue weighted by Gasteiger charge is -2.53. The molecule has 24 nitrogen and oxygen atoms in total. The molecule has 0 aromatic rings. The first-order chi connectivity index (χ1) is 25.9. The molecule has 9 heterocycles. The van der Waals surface area contributed by atoms with Crippen LogP contribution in [-0.2, 0) is 0 Å². The topological polar surface area (TPSA) is 201 Å². The highest BCUT2D eigenvalue weighted by Crippen LogP contribution is 2.13. The van der Waals surface area contributed by atoms with Crippen molar-refractivity contribution in [2.24, 2.45) is 0 Å². The summed E-state index contributed by atoms with van der Waals surface area (Å²) in [5.41, 5.74) is 0. The maximum absolute atomic E-state index is 3.93. The molecule has 0 spiro atoms. The average Bonchev–Trinajstić information content (AvgIpc) is 3.18. The van der Waals surface area contributed by atoms with Crippen LogP contribution in [0, 0.1) is 0 Å². The lowest BCUT2D eigenvalue weighted by Crippen LogP contribution is -2.89. The molecule has 0 amide bonds. The zero-order valence-corrected chi connectivity index (χ0v) is 31.9. The Morgan fingerprint density at radius 2 is 1.08 bits per heavy atom. The van der Waals surface area contributed by atoms with Gasteiger partial charge in [-0.25, -0.2) is 0 Å². The van der Waals surface area contributed by atoms with Gasteiger partial charge in [0.25, 0.3) is 127 Å². The predicted octanol–water partition coefficient (Wildman–Crippen LogP) is -21.5. The summed E-state index contributed by atoms with van der Waals surface area (Å²) in [6.45, 7) is 4.90. The van der Waals surface area contributed by atoms with Crippen LogP contribution in [0.25, 0.3) is 0 Å². The molecule has 254 valence electrons. The van der Waals surface area contributed by atoms with Gasteiger partial charge < -0.3 is 119 Å². The van der Waals surface area contributed by atoms with Crippen molar-refractivity contribution in [3.05, 3.63) is 0 Å². The highest BCUT2D eigenvalue weighted by Gasteiger charge is 2.51. The smallest absolute Gasteiger partial charge is 0.358 e. The fourth-order valence-corrected chi connectivity index (χ4v) is 9.50. The van der Waals surface area contributed by atoms with Crippen molar-refractivity contribution in [2.75, 3.05) is 20.5 Å². The van der Waals surface area contributed by atoms with E-state index >= 15 is 0 Å². The minimum atomic E-state index is -0.0468. The molecule has 6 atom stereocenters. The summed E-state index contributed by atoms with van der Waals surface area (Å²) in [5.74, 6) is 0. The van der Waals surface area contributed by atoms with Gasteiger partial charge in [0.05, 0.1) is 0 Å². The second-order valence-electron chi connectivity index (χ2n) is 16.0. The fraction of sp³-hybridized carbons (Fsp3) is 1.00. The Balaban J connectivity index is 1.01. The van der Waals surface area contributed by atoms with Gasteiger partial charge in [-0.15, -0.1) is 0 Å². The monoisotopic (exact) mass is 703 g/mol. The third kappa shape index (κ3) is 8.67. The molecule has 0 aliphatic carbocycles. The van der Waals surface area contributed by atoms with Crippen molar-refractivity contribution in [3.8, 4) is 0 Å². The standard InChI is InChI=1S/C5H42B24N24/c1-20-39-22-5-46-21(2)33-6-38-28(46)50-13-32-11-48(18-50)23-34-7-36-25(42-23)51-15-44(3)16-52(19-51)29-45(4)9-30-14-53(29)26-37-8-35-24(43-26)47-10-31-12-49(17-47)27(40-20)41-22/h6-19,30-43H,5H2,1-4H3. The summed E-state index contributed by atoms with van der Waals surface area (Å²) in [6, 6.07) is 0. The number of nitrogens with one attached hydrogen (secondary N) is 14. The Morgan fingerprint density at radius 1 is 0.491 bits per heavy atom. The van der Waals surface area contributed by atoms with Crippen LogP contribution in [0.1, 0.15) is 0 Å². The third-order valence-electron chi connectivity index (χ3n) is 11.9. The first-order valence-electron chi connectivity index (χ1n) is 19.5. The van der Waals surface area contributed by atoms with E-state index in [1.807, 2.05) is 0 Å². The van der Waals surface area contributed by atoms with Crippen molar-refractivity contribution in [1.82, 2.24) is 119 Å². The van der Waals surface area contributed by atoms with E-state index in [0.29, 0.717) is 15.1 Å². The number of fused-ring (bicyclic) bond motifs is 21. The Morgan fingerprint density at radius 3 is 1.85 bits per heavy atom. The summed E-state index contributed by atoms with van der Waals surface area (Å²) < 4.78 is 24.9. The van der Waals surface area contributed by atoms with Crippen molar-refractivity contribution in [3.63, 3.8) is 0 Å². The molecule has 48 heteroatoms. The fourth-order valence-electron chi connectivity index (χ4n) is 9.50. The van der Waals surface area contributed by atoms with Crippen LogP contribution in [0.2, 0.25) is 13.6 Å². The van der Waals surface area contributed by atoms with E-state index < -0.39 is 0 Å². The second kappa shape index (κ2) is 17.4. The first kappa shape index (κ1) is 39.1. The van der Waals surface area contributed by atoms with Gasteiger partial charge in [0, 0.05) is 0 Å². The van der Waals surface area contributed by atoms with Gasteiger partial charge in [-0.05, 0) is 20.5 Å². The Hall–Kier alpha value is 0.598. The molecule has 53 heavy (non-hydrogen) atoms. The summed E-state index contributed by atoms with van der Waals surface area (Å²) in [7, 11) is 15.6. The van der Waals surface area contributed by atoms with E-state index in [9.17, 15) is 0 Å². The Labute approximate surface area is 328 Å².